The Morgan fingerprint density at radius 3 is 2.55 bits per heavy atom. The zero-order chi connectivity index (χ0) is 20.2. The maximum atomic E-state index is 12.7. The molecule has 0 saturated carbocycles. The van der Waals surface area contributed by atoms with Crippen molar-refractivity contribution in [2.75, 3.05) is 25.2 Å². The number of rotatable bonds is 5. The predicted octanol–water partition coefficient (Wildman–Crippen LogP) is 3.06. The maximum absolute atomic E-state index is 12.7. The maximum Gasteiger partial charge on any atom is 0.263 e. The van der Waals surface area contributed by atoms with Crippen LogP contribution in [-0.4, -0.2) is 42.7 Å². The second-order valence-electron chi connectivity index (χ2n) is 7.23. The summed E-state index contributed by atoms with van der Waals surface area (Å²) in [6.07, 6.45) is 0.691. The molecule has 152 valence electrons. The van der Waals surface area contributed by atoms with Gasteiger partial charge in [-0.15, -0.1) is 0 Å². The van der Waals surface area contributed by atoms with E-state index in [1.807, 2.05) is 30.3 Å². The molecule has 1 atom stereocenters. The van der Waals surface area contributed by atoms with E-state index in [1.54, 1.807) is 30.0 Å². The molecule has 2 heterocycles. The van der Waals surface area contributed by atoms with Crippen molar-refractivity contribution in [2.45, 2.75) is 25.9 Å². The summed E-state index contributed by atoms with van der Waals surface area (Å²) in [7, 11) is 0. The third-order valence-corrected chi connectivity index (χ3v) is 5.22. The number of likely N-dealkylation sites (tertiary alicyclic amines) is 1. The summed E-state index contributed by atoms with van der Waals surface area (Å²) in [5.41, 5.74) is 0.683. The molecule has 1 N–H and O–H groups in total. The number of benzene rings is 2. The van der Waals surface area contributed by atoms with Gasteiger partial charge in [0, 0.05) is 30.8 Å². The number of carbonyl (C=O) groups excluding carboxylic acids is 2. The Labute approximate surface area is 169 Å². The number of piperidine rings is 1. The van der Waals surface area contributed by atoms with Crippen LogP contribution in [0, 0.1) is 5.92 Å². The highest BCUT2D eigenvalue weighted by atomic mass is 16.7. The Morgan fingerprint density at radius 2 is 1.79 bits per heavy atom. The van der Waals surface area contributed by atoms with Crippen molar-refractivity contribution >= 4 is 17.5 Å². The Kier molecular flexibility index (Phi) is 5.55. The zero-order valence-corrected chi connectivity index (χ0v) is 16.3. The van der Waals surface area contributed by atoms with Gasteiger partial charge >= 0.3 is 0 Å². The fourth-order valence-electron chi connectivity index (χ4n) is 3.59. The van der Waals surface area contributed by atoms with Gasteiger partial charge in [-0.3, -0.25) is 9.59 Å². The molecule has 7 heteroatoms. The smallest absolute Gasteiger partial charge is 0.263 e. The molecule has 7 nitrogen and oxygen atoms in total. The first-order valence-corrected chi connectivity index (χ1v) is 9.81. The van der Waals surface area contributed by atoms with Crippen LogP contribution >= 0.6 is 0 Å². The lowest BCUT2D eigenvalue weighted by atomic mass is 9.95. The Hall–Kier alpha value is -3.22. The highest BCUT2D eigenvalue weighted by Crippen LogP contribution is 2.34. The molecule has 0 bridgehead atoms. The van der Waals surface area contributed by atoms with Gasteiger partial charge in [0.15, 0.2) is 17.6 Å². The van der Waals surface area contributed by atoms with Gasteiger partial charge in [-0.1, -0.05) is 18.2 Å². The lowest BCUT2D eigenvalue weighted by Crippen LogP contribution is -2.46. The zero-order valence-electron chi connectivity index (χ0n) is 16.3. The van der Waals surface area contributed by atoms with Crippen LogP contribution in [0.2, 0.25) is 0 Å². The van der Waals surface area contributed by atoms with E-state index < -0.39 is 6.10 Å². The van der Waals surface area contributed by atoms with E-state index in [0.29, 0.717) is 48.9 Å². The number of ether oxygens (including phenoxy) is 3. The molecule has 1 unspecified atom stereocenters. The third-order valence-electron chi connectivity index (χ3n) is 5.22. The van der Waals surface area contributed by atoms with E-state index in [-0.39, 0.29) is 24.5 Å². The van der Waals surface area contributed by atoms with E-state index in [2.05, 4.69) is 5.32 Å². The van der Waals surface area contributed by atoms with Crippen LogP contribution < -0.4 is 19.5 Å². The minimum atomic E-state index is -0.559. The molecule has 2 aromatic carbocycles. The molecule has 1 fully saturated rings. The second-order valence-corrected chi connectivity index (χ2v) is 7.23. The van der Waals surface area contributed by atoms with Crippen molar-refractivity contribution in [2.24, 2.45) is 5.92 Å². The molecule has 0 radical (unpaired) electrons. The van der Waals surface area contributed by atoms with Crippen molar-refractivity contribution in [3.8, 4) is 17.2 Å². The van der Waals surface area contributed by atoms with E-state index in [1.165, 1.54) is 0 Å². The first kappa shape index (κ1) is 19.1. The number of para-hydroxylation sites is 1. The van der Waals surface area contributed by atoms with Gasteiger partial charge in [-0.25, -0.2) is 0 Å². The number of anilines is 1. The fourth-order valence-corrected chi connectivity index (χ4v) is 3.59. The summed E-state index contributed by atoms with van der Waals surface area (Å²) in [5.74, 6) is 1.77. The van der Waals surface area contributed by atoms with Crippen LogP contribution in [0.1, 0.15) is 19.8 Å². The fraction of sp³-hybridized carbons (Fsp3) is 0.364. The lowest BCUT2D eigenvalue weighted by molar-refractivity contribution is -0.140. The average Bonchev–Trinajstić information content (AvgIpc) is 3.22. The lowest BCUT2D eigenvalue weighted by Gasteiger charge is -2.33. The van der Waals surface area contributed by atoms with Crippen molar-refractivity contribution in [3.63, 3.8) is 0 Å². The second kappa shape index (κ2) is 8.43. The molecule has 2 aromatic rings. The molecule has 2 aliphatic rings. The van der Waals surface area contributed by atoms with Crippen molar-refractivity contribution < 1.29 is 23.8 Å². The molecule has 0 aromatic heterocycles. The number of amides is 2. The van der Waals surface area contributed by atoms with Crippen LogP contribution in [0.4, 0.5) is 5.69 Å². The monoisotopic (exact) mass is 396 g/mol. The molecular formula is C22H24N2O5. The third kappa shape index (κ3) is 4.45. The number of nitrogens with zero attached hydrogens (tertiary/aromatic N) is 1. The van der Waals surface area contributed by atoms with Crippen LogP contribution in [0.3, 0.4) is 0 Å². The molecule has 2 aliphatic heterocycles. The van der Waals surface area contributed by atoms with Crippen molar-refractivity contribution in [3.05, 3.63) is 48.5 Å². The van der Waals surface area contributed by atoms with Gasteiger partial charge < -0.3 is 24.4 Å². The van der Waals surface area contributed by atoms with Gasteiger partial charge in [-0.05, 0) is 44.0 Å². The molecule has 0 spiro atoms. The van der Waals surface area contributed by atoms with Crippen LogP contribution in [-0.2, 0) is 9.59 Å². The first-order valence-electron chi connectivity index (χ1n) is 9.81. The van der Waals surface area contributed by atoms with Crippen LogP contribution in [0.5, 0.6) is 17.2 Å². The van der Waals surface area contributed by atoms with Crippen LogP contribution in [0.15, 0.2) is 48.5 Å². The average molecular weight is 396 g/mol. The summed E-state index contributed by atoms with van der Waals surface area (Å²) < 4.78 is 16.4. The minimum absolute atomic E-state index is 0.0375. The molecule has 29 heavy (non-hydrogen) atoms. The largest absolute Gasteiger partial charge is 0.481 e. The van der Waals surface area contributed by atoms with Crippen molar-refractivity contribution in [1.29, 1.82) is 0 Å². The normalized spacial score (nSPS) is 16.9. The Bertz CT molecular complexity index is 878. The van der Waals surface area contributed by atoms with Gasteiger partial charge in [0.05, 0.1) is 0 Å². The van der Waals surface area contributed by atoms with E-state index in [0.717, 1.165) is 0 Å². The van der Waals surface area contributed by atoms with Gasteiger partial charge in [0.25, 0.3) is 5.91 Å². The molecule has 2 amide bonds. The van der Waals surface area contributed by atoms with Gasteiger partial charge in [0.1, 0.15) is 5.75 Å². The van der Waals surface area contributed by atoms with Gasteiger partial charge in [-0.2, -0.15) is 0 Å². The van der Waals surface area contributed by atoms with E-state index in [4.69, 9.17) is 14.2 Å². The summed E-state index contributed by atoms with van der Waals surface area (Å²) in [5, 5.41) is 2.94. The number of nitrogens with one attached hydrogen (secondary N) is 1. The molecular weight excluding hydrogens is 372 g/mol. The van der Waals surface area contributed by atoms with Crippen molar-refractivity contribution in [1.82, 2.24) is 4.90 Å². The molecule has 1 saturated heterocycles. The highest BCUT2D eigenvalue weighted by Gasteiger charge is 2.30. The summed E-state index contributed by atoms with van der Waals surface area (Å²) >= 11 is 0. The number of carbonyl (C=O) groups is 2. The quantitative estimate of drug-likeness (QED) is 0.841. The van der Waals surface area contributed by atoms with E-state index >= 15 is 0 Å². The Morgan fingerprint density at radius 1 is 1.07 bits per heavy atom. The molecule has 4 rings (SSSR count). The number of fused-ring (bicyclic) bond motifs is 1. The number of hydrogen-bond acceptors (Lipinski definition) is 5. The summed E-state index contributed by atoms with van der Waals surface area (Å²) in [4.78, 5) is 27.0. The topological polar surface area (TPSA) is 77.1 Å². The predicted molar refractivity (Wildman–Crippen MR) is 107 cm³/mol. The number of hydrogen-bond donors (Lipinski definition) is 1. The van der Waals surface area contributed by atoms with Crippen LogP contribution in [0.25, 0.3) is 0 Å². The van der Waals surface area contributed by atoms with E-state index in [9.17, 15) is 9.59 Å². The Balaban J connectivity index is 1.27. The highest BCUT2D eigenvalue weighted by molar-refractivity contribution is 5.93. The molecule has 0 aliphatic carbocycles. The minimum Gasteiger partial charge on any atom is -0.481 e. The SMILES string of the molecule is CC(Oc1ccccc1)C(=O)N1CCC(C(=O)Nc2ccc3c(c2)OCO3)CC1. The summed E-state index contributed by atoms with van der Waals surface area (Å²) in [6, 6.07) is 14.7. The summed E-state index contributed by atoms with van der Waals surface area (Å²) in [6.45, 7) is 3.04. The van der Waals surface area contributed by atoms with Gasteiger partial charge in [0.2, 0.25) is 12.7 Å². The standard InChI is InChI=1S/C22H24N2O5/c1-15(29-18-5-3-2-4-6-18)22(26)24-11-9-16(10-12-24)21(25)23-17-7-8-19-20(13-17)28-14-27-19/h2-8,13,15-16H,9-12,14H2,1H3,(H,23,25). The first-order chi connectivity index (χ1) is 14.1.